The predicted octanol–water partition coefficient (Wildman–Crippen LogP) is 3.46. The first-order chi connectivity index (χ1) is 7.24. The van der Waals surface area contributed by atoms with Crippen molar-refractivity contribution >= 4 is 5.78 Å². The first kappa shape index (κ1) is 11.8. The summed E-state index contributed by atoms with van der Waals surface area (Å²) in [5.41, 5.74) is 0.732. The van der Waals surface area contributed by atoms with Crippen molar-refractivity contribution in [2.45, 2.75) is 33.1 Å². The molecule has 0 saturated heterocycles. The summed E-state index contributed by atoms with van der Waals surface area (Å²) in [6.07, 6.45) is 3.49. The van der Waals surface area contributed by atoms with Crippen molar-refractivity contribution < 1.29 is 9.53 Å². The van der Waals surface area contributed by atoms with Crippen LogP contribution >= 0.6 is 0 Å². The molecule has 0 aromatic heterocycles. The van der Waals surface area contributed by atoms with Gasteiger partial charge in [0.1, 0.15) is 5.75 Å². The SMILES string of the molecule is CCCCCOc1ccc(C(C)=O)cc1. The second-order valence-corrected chi connectivity index (χ2v) is 3.64. The zero-order chi connectivity index (χ0) is 11.1. The standard InChI is InChI=1S/C13H18O2/c1-3-4-5-10-15-13-8-6-12(7-9-13)11(2)14/h6-9H,3-5,10H2,1-2H3. The number of hydrogen-bond acceptors (Lipinski definition) is 2. The van der Waals surface area contributed by atoms with Gasteiger partial charge >= 0.3 is 0 Å². The first-order valence-corrected chi connectivity index (χ1v) is 5.48. The van der Waals surface area contributed by atoms with E-state index in [1.807, 2.05) is 12.1 Å². The summed E-state index contributed by atoms with van der Waals surface area (Å²) in [7, 11) is 0. The van der Waals surface area contributed by atoms with Crippen molar-refractivity contribution in [2.75, 3.05) is 6.61 Å². The molecule has 0 bridgehead atoms. The van der Waals surface area contributed by atoms with Gasteiger partial charge in [0, 0.05) is 5.56 Å². The van der Waals surface area contributed by atoms with Gasteiger partial charge in [0.25, 0.3) is 0 Å². The van der Waals surface area contributed by atoms with E-state index >= 15 is 0 Å². The number of carbonyl (C=O) groups is 1. The normalized spacial score (nSPS) is 10.0. The molecule has 82 valence electrons. The Labute approximate surface area is 91.3 Å². The molecule has 0 fully saturated rings. The summed E-state index contributed by atoms with van der Waals surface area (Å²) >= 11 is 0. The summed E-state index contributed by atoms with van der Waals surface area (Å²) in [6, 6.07) is 7.31. The number of rotatable bonds is 6. The van der Waals surface area contributed by atoms with E-state index in [0.29, 0.717) is 0 Å². The van der Waals surface area contributed by atoms with E-state index in [4.69, 9.17) is 4.74 Å². The fourth-order valence-electron chi connectivity index (χ4n) is 1.33. The van der Waals surface area contributed by atoms with E-state index in [2.05, 4.69) is 6.92 Å². The van der Waals surface area contributed by atoms with Crippen molar-refractivity contribution in [3.63, 3.8) is 0 Å². The largest absolute Gasteiger partial charge is 0.494 e. The molecule has 0 unspecified atom stereocenters. The number of Topliss-reactive ketones (excluding diaryl/α,β-unsaturated/α-hetero) is 1. The Morgan fingerprint density at radius 2 is 1.87 bits per heavy atom. The number of ketones is 1. The van der Waals surface area contributed by atoms with Gasteiger partial charge in [-0.1, -0.05) is 19.8 Å². The van der Waals surface area contributed by atoms with Gasteiger partial charge in [-0.3, -0.25) is 4.79 Å². The number of unbranched alkanes of at least 4 members (excludes halogenated alkanes) is 2. The molecule has 1 aromatic carbocycles. The first-order valence-electron chi connectivity index (χ1n) is 5.48. The highest BCUT2D eigenvalue weighted by Gasteiger charge is 1.98. The molecule has 0 aliphatic heterocycles. The maximum Gasteiger partial charge on any atom is 0.159 e. The van der Waals surface area contributed by atoms with Crippen LogP contribution in [0.15, 0.2) is 24.3 Å². The van der Waals surface area contributed by atoms with Gasteiger partial charge in [0.15, 0.2) is 5.78 Å². The monoisotopic (exact) mass is 206 g/mol. The van der Waals surface area contributed by atoms with Crippen LogP contribution in [0.3, 0.4) is 0 Å². The lowest BCUT2D eigenvalue weighted by molar-refractivity contribution is 0.101. The van der Waals surface area contributed by atoms with Gasteiger partial charge in [-0.05, 0) is 37.6 Å². The third-order valence-corrected chi connectivity index (χ3v) is 2.28. The molecule has 0 atom stereocenters. The molecule has 0 aliphatic carbocycles. The van der Waals surface area contributed by atoms with Gasteiger partial charge in [-0.2, -0.15) is 0 Å². The van der Waals surface area contributed by atoms with Crippen molar-refractivity contribution in [3.8, 4) is 5.75 Å². The lowest BCUT2D eigenvalue weighted by Crippen LogP contribution is -1.97. The van der Waals surface area contributed by atoms with Crippen LogP contribution in [0.5, 0.6) is 5.75 Å². The average molecular weight is 206 g/mol. The minimum absolute atomic E-state index is 0.0903. The Morgan fingerprint density at radius 1 is 1.20 bits per heavy atom. The van der Waals surface area contributed by atoms with E-state index in [1.165, 1.54) is 12.8 Å². The minimum Gasteiger partial charge on any atom is -0.494 e. The fourth-order valence-corrected chi connectivity index (χ4v) is 1.33. The number of hydrogen-bond donors (Lipinski definition) is 0. The number of carbonyl (C=O) groups excluding carboxylic acids is 1. The quantitative estimate of drug-likeness (QED) is 0.526. The second kappa shape index (κ2) is 6.23. The van der Waals surface area contributed by atoms with Gasteiger partial charge < -0.3 is 4.74 Å². The lowest BCUT2D eigenvalue weighted by Gasteiger charge is -2.05. The van der Waals surface area contributed by atoms with Crippen molar-refractivity contribution in [1.82, 2.24) is 0 Å². The van der Waals surface area contributed by atoms with Crippen molar-refractivity contribution in [2.24, 2.45) is 0 Å². The maximum atomic E-state index is 11.0. The number of benzene rings is 1. The van der Waals surface area contributed by atoms with Crippen LogP contribution in [0.4, 0.5) is 0 Å². The average Bonchev–Trinajstić information content (AvgIpc) is 2.25. The number of ether oxygens (including phenoxy) is 1. The highest BCUT2D eigenvalue weighted by molar-refractivity contribution is 5.94. The Bertz CT molecular complexity index is 301. The molecule has 2 nitrogen and oxygen atoms in total. The molecule has 1 aromatic rings. The molecule has 0 radical (unpaired) electrons. The van der Waals surface area contributed by atoms with Crippen LogP contribution in [0.1, 0.15) is 43.5 Å². The van der Waals surface area contributed by atoms with E-state index in [-0.39, 0.29) is 5.78 Å². The van der Waals surface area contributed by atoms with Gasteiger partial charge in [0.05, 0.1) is 6.61 Å². The molecule has 0 spiro atoms. The molecular weight excluding hydrogens is 188 g/mol. The minimum atomic E-state index is 0.0903. The predicted molar refractivity (Wildman–Crippen MR) is 61.5 cm³/mol. The molecule has 0 aliphatic rings. The Morgan fingerprint density at radius 3 is 2.40 bits per heavy atom. The van der Waals surface area contributed by atoms with Crippen LogP contribution in [-0.4, -0.2) is 12.4 Å². The third kappa shape index (κ3) is 4.15. The third-order valence-electron chi connectivity index (χ3n) is 2.28. The van der Waals surface area contributed by atoms with Crippen molar-refractivity contribution in [3.05, 3.63) is 29.8 Å². The summed E-state index contributed by atoms with van der Waals surface area (Å²) in [6.45, 7) is 4.49. The Kier molecular flexibility index (Phi) is 4.88. The molecule has 0 saturated carbocycles. The summed E-state index contributed by atoms with van der Waals surface area (Å²) in [5.74, 6) is 0.934. The maximum absolute atomic E-state index is 11.0. The molecule has 0 heterocycles. The topological polar surface area (TPSA) is 26.3 Å². The Hall–Kier alpha value is -1.31. The van der Waals surface area contributed by atoms with Crippen LogP contribution in [-0.2, 0) is 0 Å². The molecule has 1 rings (SSSR count). The molecule has 0 N–H and O–H groups in total. The van der Waals surface area contributed by atoms with Crippen LogP contribution in [0.25, 0.3) is 0 Å². The van der Waals surface area contributed by atoms with E-state index in [9.17, 15) is 4.79 Å². The Balaban J connectivity index is 2.39. The lowest BCUT2D eigenvalue weighted by atomic mass is 10.1. The molecule has 0 amide bonds. The van der Waals surface area contributed by atoms with Gasteiger partial charge in [-0.25, -0.2) is 0 Å². The highest BCUT2D eigenvalue weighted by Crippen LogP contribution is 2.13. The highest BCUT2D eigenvalue weighted by atomic mass is 16.5. The van der Waals surface area contributed by atoms with Gasteiger partial charge in [-0.15, -0.1) is 0 Å². The smallest absolute Gasteiger partial charge is 0.159 e. The van der Waals surface area contributed by atoms with E-state index < -0.39 is 0 Å². The molecule has 2 heteroatoms. The van der Waals surface area contributed by atoms with E-state index in [0.717, 1.165) is 24.3 Å². The van der Waals surface area contributed by atoms with Gasteiger partial charge in [0.2, 0.25) is 0 Å². The van der Waals surface area contributed by atoms with E-state index in [1.54, 1.807) is 19.1 Å². The van der Waals surface area contributed by atoms with Crippen LogP contribution in [0, 0.1) is 0 Å². The van der Waals surface area contributed by atoms with Crippen LogP contribution < -0.4 is 4.74 Å². The fraction of sp³-hybridized carbons (Fsp3) is 0.462. The molecular formula is C13H18O2. The second-order valence-electron chi connectivity index (χ2n) is 3.64. The summed E-state index contributed by atoms with van der Waals surface area (Å²) in [5, 5.41) is 0. The zero-order valence-corrected chi connectivity index (χ0v) is 9.45. The zero-order valence-electron chi connectivity index (χ0n) is 9.45. The van der Waals surface area contributed by atoms with Crippen molar-refractivity contribution in [1.29, 1.82) is 0 Å². The molecule has 15 heavy (non-hydrogen) atoms. The summed E-state index contributed by atoms with van der Waals surface area (Å²) < 4.78 is 5.53. The van der Waals surface area contributed by atoms with Crippen LogP contribution in [0.2, 0.25) is 0 Å². The summed E-state index contributed by atoms with van der Waals surface area (Å²) in [4.78, 5) is 11.0.